The first kappa shape index (κ1) is 21.6. The number of ether oxygens (including phenoxy) is 1. The number of hydrogen-bond donors (Lipinski definition) is 1. The molecule has 1 aromatic heterocycles. The summed E-state index contributed by atoms with van der Waals surface area (Å²) in [7, 11) is 0. The molecule has 0 spiro atoms. The largest absolute Gasteiger partial charge is 0.489 e. The van der Waals surface area contributed by atoms with Crippen LogP contribution in [0.25, 0.3) is 10.9 Å². The zero-order chi connectivity index (χ0) is 22.7. The number of carboxylic acids is 1. The molecule has 0 saturated carbocycles. The van der Waals surface area contributed by atoms with Gasteiger partial charge in [0.2, 0.25) is 0 Å². The maximum Gasteiger partial charge on any atom is 0.303 e. The normalized spacial score (nSPS) is 12.1. The van der Waals surface area contributed by atoms with Crippen LogP contribution in [0.15, 0.2) is 72.9 Å². The summed E-state index contributed by atoms with van der Waals surface area (Å²) < 4.78 is 22.9. The van der Waals surface area contributed by atoms with E-state index in [0.717, 1.165) is 22.0 Å². The average molecular weight is 432 g/mol. The lowest BCUT2D eigenvalue weighted by molar-refractivity contribution is -0.137. The van der Waals surface area contributed by atoms with Gasteiger partial charge in [0, 0.05) is 23.7 Å². The molecular formula is C27H26FNO3. The number of carboxylic acid groups (broad SMARTS) is 1. The van der Waals surface area contributed by atoms with E-state index >= 15 is 0 Å². The van der Waals surface area contributed by atoms with Gasteiger partial charge in [-0.3, -0.25) is 4.79 Å². The van der Waals surface area contributed by atoms with Crippen molar-refractivity contribution in [2.24, 2.45) is 0 Å². The van der Waals surface area contributed by atoms with Crippen LogP contribution < -0.4 is 4.74 Å². The van der Waals surface area contributed by atoms with Crippen molar-refractivity contribution in [3.63, 3.8) is 0 Å². The molecule has 3 aromatic carbocycles. The Labute approximate surface area is 186 Å². The lowest BCUT2D eigenvalue weighted by Crippen LogP contribution is -2.05. The fraction of sp³-hybridized carbons (Fsp3) is 0.222. The molecule has 4 aromatic rings. The van der Waals surface area contributed by atoms with E-state index in [-0.39, 0.29) is 24.8 Å². The first-order valence-electron chi connectivity index (χ1n) is 10.7. The Hall–Kier alpha value is -3.60. The third-order valence-electron chi connectivity index (χ3n) is 5.88. The molecule has 1 heterocycles. The zero-order valence-corrected chi connectivity index (χ0v) is 18.2. The van der Waals surface area contributed by atoms with E-state index in [2.05, 4.69) is 16.7 Å². The minimum atomic E-state index is -0.823. The monoisotopic (exact) mass is 431 g/mol. The van der Waals surface area contributed by atoms with Gasteiger partial charge in [0.25, 0.3) is 0 Å². The van der Waals surface area contributed by atoms with Gasteiger partial charge in [-0.25, -0.2) is 4.39 Å². The number of aliphatic carboxylic acids is 1. The first-order chi connectivity index (χ1) is 15.4. The standard InChI is InChI=1S/C27H26FNO3/c1-18(14-26(30)31)21-8-10-23(11-9-21)32-17-24-19(2)27-22(15-25(24)28)12-13-29(27)16-20-6-4-3-5-7-20/h3-13,15,18H,14,16-17H2,1-2H3,(H,30,31). The first-order valence-corrected chi connectivity index (χ1v) is 10.7. The molecule has 0 amide bonds. The summed E-state index contributed by atoms with van der Waals surface area (Å²) in [6, 6.07) is 21.0. The fourth-order valence-electron chi connectivity index (χ4n) is 4.10. The molecule has 4 rings (SSSR count). The highest BCUT2D eigenvalue weighted by atomic mass is 19.1. The summed E-state index contributed by atoms with van der Waals surface area (Å²) >= 11 is 0. The van der Waals surface area contributed by atoms with E-state index < -0.39 is 5.97 Å². The van der Waals surface area contributed by atoms with Crippen molar-refractivity contribution in [2.75, 3.05) is 0 Å². The van der Waals surface area contributed by atoms with Crippen LogP contribution in [-0.4, -0.2) is 15.6 Å². The van der Waals surface area contributed by atoms with Gasteiger partial charge in [-0.2, -0.15) is 0 Å². The second-order valence-electron chi connectivity index (χ2n) is 8.19. The summed E-state index contributed by atoms with van der Waals surface area (Å²) in [5.41, 5.74) is 4.53. The number of benzene rings is 3. The molecule has 164 valence electrons. The Morgan fingerprint density at radius 3 is 2.50 bits per heavy atom. The van der Waals surface area contributed by atoms with Crippen molar-refractivity contribution in [3.8, 4) is 5.75 Å². The second-order valence-corrected chi connectivity index (χ2v) is 8.19. The van der Waals surface area contributed by atoms with Gasteiger partial charge in [-0.15, -0.1) is 0 Å². The molecule has 4 nitrogen and oxygen atoms in total. The molecule has 0 aliphatic heterocycles. The number of carbonyl (C=O) groups is 1. The van der Waals surface area contributed by atoms with E-state index in [0.29, 0.717) is 17.9 Å². The molecular weight excluding hydrogens is 405 g/mol. The number of rotatable bonds is 8. The molecule has 0 fully saturated rings. The smallest absolute Gasteiger partial charge is 0.303 e. The van der Waals surface area contributed by atoms with Crippen LogP contribution in [-0.2, 0) is 17.9 Å². The predicted molar refractivity (Wildman–Crippen MR) is 124 cm³/mol. The molecule has 32 heavy (non-hydrogen) atoms. The third kappa shape index (κ3) is 4.67. The quantitative estimate of drug-likeness (QED) is 0.356. The Kier molecular flexibility index (Phi) is 6.26. The molecule has 1 N–H and O–H groups in total. The zero-order valence-electron chi connectivity index (χ0n) is 18.2. The summed E-state index contributed by atoms with van der Waals surface area (Å²) in [5, 5.41) is 9.83. The van der Waals surface area contributed by atoms with Crippen molar-refractivity contribution in [1.82, 2.24) is 4.57 Å². The fourth-order valence-corrected chi connectivity index (χ4v) is 4.10. The summed E-state index contributed by atoms with van der Waals surface area (Å²) in [5.74, 6) is -0.564. The van der Waals surface area contributed by atoms with Crippen LogP contribution in [0.1, 0.15) is 41.5 Å². The maximum absolute atomic E-state index is 14.9. The van der Waals surface area contributed by atoms with Gasteiger partial charge >= 0.3 is 5.97 Å². The second kappa shape index (κ2) is 9.27. The van der Waals surface area contributed by atoms with Crippen molar-refractivity contribution in [2.45, 2.75) is 39.3 Å². The topological polar surface area (TPSA) is 51.5 Å². The Morgan fingerprint density at radius 1 is 1.09 bits per heavy atom. The van der Waals surface area contributed by atoms with Gasteiger partial charge in [-0.05, 0) is 53.8 Å². The van der Waals surface area contributed by atoms with Gasteiger partial charge in [0.15, 0.2) is 0 Å². The van der Waals surface area contributed by atoms with Crippen molar-refractivity contribution < 1.29 is 19.0 Å². The van der Waals surface area contributed by atoms with Crippen molar-refractivity contribution in [1.29, 1.82) is 0 Å². The van der Waals surface area contributed by atoms with E-state index in [4.69, 9.17) is 9.84 Å². The summed E-state index contributed by atoms with van der Waals surface area (Å²) in [6.45, 7) is 4.64. The third-order valence-corrected chi connectivity index (χ3v) is 5.88. The maximum atomic E-state index is 14.9. The Bertz CT molecular complexity index is 1230. The number of halogens is 1. The summed E-state index contributed by atoms with van der Waals surface area (Å²) in [6.07, 6.45) is 2.07. The van der Waals surface area contributed by atoms with E-state index in [9.17, 15) is 9.18 Å². The minimum Gasteiger partial charge on any atom is -0.489 e. The molecule has 5 heteroatoms. The number of aromatic nitrogens is 1. The van der Waals surface area contributed by atoms with Gasteiger partial charge < -0.3 is 14.4 Å². The average Bonchev–Trinajstić information content (AvgIpc) is 3.16. The van der Waals surface area contributed by atoms with Crippen LogP contribution in [0.2, 0.25) is 0 Å². The minimum absolute atomic E-state index is 0.0766. The Morgan fingerprint density at radius 2 is 1.81 bits per heavy atom. The lowest BCUT2D eigenvalue weighted by Gasteiger charge is -2.14. The van der Waals surface area contributed by atoms with Gasteiger partial charge in [-0.1, -0.05) is 49.4 Å². The van der Waals surface area contributed by atoms with Crippen LogP contribution in [0.4, 0.5) is 4.39 Å². The molecule has 1 unspecified atom stereocenters. The van der Waals surface area contributed by atoms with Crippen LogP contribution in [0, 0.1) is 12.7 Å². The van der Waals surface area contributed by atoms with Crippen molar-refractivity contribution >= 4 is 16.9 Å². The number of hydrogen-bond acceptors (Lipinski definition) is 2. The van der Waals surface area contributed by atoms with E-state index in [1.807, 2.05) is 56.4 Å². The number of fused-ring (bicyclic) bond motifs is 1. The molecule has 1 atom stereocenters. The van der Waals surface area contributed by atoms with E-state index in [1.54, 1.807) is 18.2 Å². The number of aryl methyl sites for hydroxylation is 1. The lowest BCUT2D eigenvalue weighted by atomic mass is 9.98. The molecule has 0 aliphatic rings. The Balaban J connectivity index is 1.54. The highest BCUT2D eigenvalue weighted by Crippen LogP contribution is 2.28. The van der Waals surface area contributed by atoms with Crippen LogP contribution >= 0.6 is 0 Å². The highest BCUT2D eigenvalue weighted by molar-refractivity contribution is 5.84. The highest BCUT2D eigenvalue weighted by Gasteiger charge is 2.15. The molecule has 0 aliphatic carbocycles. The molecule has 0 saturated heterocycles. The van der Waals surface area contributed by atoms with Crippen molar-refractivity contribution in [3.05, 3.63) is 101 Å². The number of nitrogens with zero attached hydrogens (tertiary/aromatic N) is 1. The summed E-state index contributed by atoms with van der Waals surface area (Å²) in [4.78, 5) is 10.9. The molecule has 0 radical (unpaired) electrons. The predicted octanol–water partition coefficient (Wildman–Crippen LogP) is 6.29. The van der Waals surface area contributed by atoms with E-state index in [1.165, 1.54) is 5.56 Å². The van der Waals surface area contributed by atoms with Crippen LogP contribution in [0.5, 0.6) is 5.75 Å². The molecule has 0 bridgehead atoms. The SMILES string of the molecule is Cc1c(COc2ccc(C(C)CC(=O)O)cc2)c(F)cc2ccn(Cc3ccccc3)c12. The van der Waals surface area contributed by atoms with Crippen LogP contribution in [0.3, 0.4) is 0 Å². The van der Waals surface area contributed by atoms with Gasteiger partial charge in [0.1, 0.15) is 18.2 Å². The van der Waals surface area contributed by atoms with Gasteiger partial charge in [0.05, 0.1) is 11.9 Å².